The quantitative estimate of drug-likeness (QED) is 0.889. The largest absolute Gasteiger partial charge is 0.478 e. The lowest BCUT2D eigenvalue weighted by Gasteiger charge is -2.07. The topological polar surface area (TPSA) is 62.5 Å². The van der Waals surface area contributed by atoms with Crippen LogP contribution in [0.4, 0.5) is 0 Å². The minimum atomic E-state index is -0.908. The monoisotopic (exact) mass is 261 g/mol. The number of rotatable bonds is 4. The standard InChI is InChI=1S/C15H19NO3/c1-9(2)13-8-16(4-5-17)14-10(3)6-11(15(18)19)7-12(13)14/h6-9,17H,4-5H2,1-3H3,(H,18,19). The molecule has 0 unspecified atom stereocenters. The van der Waals surface area contributed by atoms with Crippen molar-refractivity contribution in [3.8, 4) is 0 Å². The third kappa shape index (κ3) is 2.36. The smallest absolute Gasteiger partial charge is 0.335 e. The van der Waals surface area contributed by atoms with E-state index in [0.29, 0.717) is 18.0 Å². The molecule has 2 rings (SSSR count). The summed E-state index contributed by atoms with van der Waals surface area (Å²) in [6.07, 6.45) is 2.02. The normalized spacial score (nSPS) is 11.4. The van der Waals surface area contributed by atoms with Crippen LogP contribution in [0.2, 0.25) is 0 Å². The fourth-order valence-electron chi connectivity index (χ4n) is 2.55. The van der Waals surface area contributed by atoms with Crippen LogP contribution in [0.3, 0.4) is 0 Å². The minimum absolute atomic E-state index is 0.0709. The summed E-state index contributed by atoms with van der Waals surface area (Å²) < 4.78 is 2.01. The predicted molar refractivity (Wildman–Crippen MR) is 74.8 cm³/mol. The number of hydrogen-bond donors (Lipinski definition) is 2. The first kappa shape index (κ1) is 13.6. The lowest BCUT2D eigenvalue weighted by molar-refractivity contribution is 0.0697. The highest BCUT2D eigenvalue weighted by Gasteiger charge is 2.16. The van der Waals surface area contributed by atoms with E-state index in [4.69, 9.17) is 10.2 Å². The minimum Gasteiger partial charge on any atom is -0.478 e. The Hall–Kier alpha value is -1.81. The molecule has 4 heteroatoms. The molecule has 19 heavy (non-hydrogen) atoms. The van der Waals surface area contributed by atoms with E-state index in [0.717, 1.165) is 22.0 Å². The zero-order valence-electron chi connectivity index (χ0n) is 11.5. The Morgan fingerprint density at radius 2 is 2.05 bits per heavy atom. The van der Waals surface area contributed by atoms with Gasteiger partial charge in [0.1, 0.15) is 0 Å². The summed E-state index contributed by atoms with van der Waals surface area (Å²) in [6.45, 7) is 6.67. The number of benzene rings is 1. The molecule has 1 aromatic heterocycles. The lowest BCUT2D eigenvalue weighted by atomic mass is 9.99. The van der Waals surface area contributed by atoms with Gasteiger partial charge in [-0.05, 0) is 36.1 Å². The number of carboxylic acids is 1. The Morgan fingerprint density at radius 1 is 1.37 bits per heavy atom. The molecule has 2 N–H and O–H groups in total. The number of fused-ring (bicyclic) bond motifs is 1. The van der Waals surface area contributed by atoms with E-state index in [1.54, 1.807) is 12.1 Å². The van der Waals surface area contributed by atoms with Crippen LogP contribution < -0.4 is 0 Å². The molecule has 2 aromatic rings. The Bertz CT molecular complexity index is 626. The molecule has 4 nitrogen and oxygen atoms in total. The van der Waals surface area contributed by atoms with E-state index in [-0.39, 0.29) is 6.61 Å². The number of aryl methyl sites for hydroxylation is 1. The molecule has 0 bridgehead atoms. The second-order valence-electron chi connectivity index (χ2n) is 5.15. The number of nitrogens with zero attached hydrogens (tertiary/aromatic N) is 1. The van der Waals surface area contributed by atoms with Gasteiger partial charge in [-0.1, -0.05) is 13.8 Å². The molecule has 0 atom stereocenters. The molecule has 0 aliphatic heterocycles. The summed E-state index contributed by atoms with van der Waals surface area (Å²) in [5.74, 6) is -0.597. The van der Waals surface area contributed by atoms with Crippen LogP contribution in [0, 0.1) is 6.92 Å². The van der Waals surface area contributed by atoms with Gasteiger partial charge in [-0.2, -0.15) is 0 Å². The van der Waals surface area contributed by atoms with Gasteiger partial charge in [0.2, 0.25) is 0 Å². The van der Waals surface area contributed by atoms with Crippen molar-refractivity contribution in [3.63, 3.8) is 0 Å². The van der Waals surface area contributed by atoms with E-state index < -0.39 is 5.97 Å². The van der Waals surface area contributed by atoms with Gasteiger partial charge in [0, 0.05) is 18.1 Å². The third-order valence-corrected chi connectivity index (χ3v) is 3.40. The van der Waals surface area contributed by atoms with Crippen LogP contribution >= 0.6 is 0 Å². The van der Waals surface area contributed by atoms with E-state index in [1.807, 2.05) is 17.7 Å². The van der Waals surface area contributed by atoms with Crippen molar-refractivity contribution in [2.24, 2.45) is 0 Å². The van der Waals surface area contributed by atoms with Crippen LogP contribution in [0.25, 0.3) is 10.9 Å². The van der Waals surface area contributed by atoms with Gasteiger partial charge in [-0.3, -0.25) is 0 Å². The summed E-state index contributed by atoms with van der Waals surface area (Å²) >= 11 is 0. The Labute approximate surface area is 112 Å². The molecule has 0 spiro atoms. The van der Waals surface area contributed by atoms with Gasteiger partial charge < -0.3 is 14.8 Å². The Morgan fingerprint density at radius 3 is 2.58 bits per heavy atom. The highest BCUT2D eigenvalue weighted by Crippen LogP contribution is 2.30. The number of carbonyl (C=O) groups is 1. The van der Waals surface area contributed by atoms with Crippen LogP contribution in [0.5, 0.6) is 0 Å². The molecule has 1 heterocycles. The number of aliphatic hydroxyl groups excluding tert-OH is 1. The number of hydrogen-bond acceptors (Lipinski definition) is 2. The molecular weight excluding hydrogens is 242 g/mol. The number of aromatic carboxylic acids is 1. The molecule has 0 aliphatic carbocycles. The maximum absolute atomic E-state index is 11.2. The average Bonchev–Trinajstić information content (AvgIpc) is 2.69. The van der Waals surface area contributed by atoms with Crippen molar-refractivity contribution >= 4 is 16.9 Å². The second kappa shape index (κ2) is 5.05. The van der Waals surface area contributed by atoms with Gasteiger partial charge in [-0.15, -0.1) is 0 Å². The first-order valence-corrected chi connectivity index (χ1v) is 6.43. The summed E-state index contributed by atoms with van der Waals surface area (Å²) in [5, 5.41) is 19.3. The maximum atomic E-state index is 11.2. The van der Waals surface area contributed by atoms with E-state index >= 15 is 0 Å². The summed E-state index contributed by atoms with van der Waals surface area (Å²) in [4.78, 5) is 11.2. The summed E-state index contributed by atoms with van der Waals surface area (Å²) in [6, 6.07) is 3.41. The molecule has 1 aromatic carbocycles. The van der Waals surface area contributed by atoms with Crippen LogP contribution in [-0.4, -0.2) is 27.4 Å². The molecule has 0 amide bonds. The fraction of sp³-hybridized carbons (Fsp3) is 0.400. The number of carboxylic acid groups (broad SMARTS) is 1. The number of aliphatic hydroxyl groups is 1. The molecule has 0 saturated heterocycles. The Kier molecular flexibility index (Phi) is 3.62. The summed E-state index contributed by atoms with van der Waals surface area (Å²) in [7, 11) is 0. The number of aromatic nitrogens is 1. The average molecular weight is 261 g/mol. The van der Waals surface area contributed by atoms with Crippen LogP contribution in [-0.2, 0) is 6.54 Å². The van der Waals surface area contributed by atoms with Crippen molar-refractivity contribution in [2.75, 3.05) is 6.61 Å². The SMILES string of the molecule is Cc1cc(C(=O)O)cc2c(C(C)C)cn(CCO)c12. The van der Waals surface area contributed by atoms with E-state index in [1.165, 1.54) is 0 Å². The second-order valence-corrected chi connectivity index (χ2v) is 5.15. The Balaban J connectivity index is 2.78. The zero-order valence-corrected chi connectivity index (χ0v) is 11.5. The van der Waals surface area contributed by atoms with E-state index in [2.05, 4.69) is 13.8 Å². The van der Waals surface area contributed by atoms with Crippen molar-refractivity contribution in [3.05, 3.63) is 35.0 Å². The van der Waals surface area contributed by atoms with Crippen LogP contribution in [0.1, 0.15) is 41.3 Å². The highest BCUT2D eigenvalue weighted by molar-refractivity contribution is 5.96. The molecule has 0 aliphatic rings. The molecule has 0 radical (unpaired) electrons. The summed E-state index contributed by atoms with van der Waals surface area (Å²) in [5.41, 5.74) is 3.38. The first-order chi connectivity index (χ1) is 8.95. The van der Waals surface area contributed by atoms with Crippen molar-refractivity contribution in [1.82, 2.24) is 4.57 Å². The highest BCUT2D eigenvalue weighted by atomic mass is 16.4. The van der Waals surface area contributed by atoms with Gasteiger partial charge in [-0.25, -0.2) is 4.79 Å². The molecular formula is C15H19NO3. The first-order valence-electron chi connectivity index (χ1n) is 6.43. The molecule has 0 saturated carbocycles. The van der Waals surface area contributed by atoms with Gasteiger partial charge in [0.15, 0.2) is 0 Å². The molecule has 0 fully saturated rings. The van der Waals surface area contributed by atoms with Gasteiger partial charge >= 0.3 is 5.97 Å². The van der Waals surface area contributed by atoms with E-state index in [9.17, 15) is 4.79 Å². The van der Waals surface area contributed by atoms with Crippen molar-refractivity contribution < 1.29 is 15.0 Å². The van der Waals surface area contributed by atoms with Gasteiger partial charge in [0.05, 0.1) is 17.7 Å². The molecule has 102 valence electrons. The predicted octanol–water partition coefficient (Wildman–Crippen LogP) is 2.76. The lowest BCUT2D eigenvalue weighted by Crippen LogP contribution is -2.02. The van der Waals surface area contributed by atoms with Gasteiger partial charge in [0.25, 0.3) is 0 Å². The van der Waals surface area contributed by atoms with Crippen molar-refractivity contribution in [1.29, 1.82) is 0 Å². The van der Waals surface area contributed by atoms with Crippen LogP contribution in [0.15, 0.2) is 18.3 Å². The third-order valence-electron chi connectivity index (χ3n) is 3.40. The fourth-order valence-corrected chi connectivity index (χ4v) is 2.55. The van der Waals surface area contributed by atoms with Crippen molar-refractivity contribution in [2.45, 2.75) is 33.2 Å². The zero-order chi connectivity index (χ0) is 14.2. The maximum Gasteiger partial charge on any atom is 0.335 e.